The number of phenolic OH excluding ortho intramolecular Hbond substituents is 1. The van der Waals surface area contributed by atoms with Gasteiger partial charge in [0.15, 0.2) is 12.4 Å². The van der Waals surface area contributed by atoms with Gasteiger partial charge in [-0.05, 0) is 29.0 Å². The summed E-state index contributed by atoms with van der Waals surface area (Å²) in [6, 6.07) is 15.8. The van der Waals surface area contributed by atoms with Crippen LogP contribution in [0.4, 0.5) is 0 Å². The van der Waals surface area contributed by atoms with E-state index < -0.39 is 0 Å². The van der Waals surface area contributed by atoms with Crippen LogP contribution in [-0.2, 0) is 0 Å². The Hall–Kier alpha value is -2.81. The van der Waals surface area contributed by atoms with Crippen LogP contribution in [0.25, 0.3) is 27.1 Å². The van der Waals surface area contributed by atoms with E-state index >= 15 is 0 Å². The van der Waals surface area contributed by atoms with E-state index in [0.29, 0.717) is 5.75 Å². The summed E-state index contributed by atoms with van der Waals surface area (Å²) in [5.41, 5.74) is 1.09. The van der Waals surface area contributed by atoms with Gasteiger partial charge < -0.3 is 9.84 Å². The van der Waals surface area contributed by atoms with Gasteiger partial charge in [-0.15, -0.1) is 0 Å². The summed E-state index contributed by atoms with van der Waals surface area (Å²) >= 11 is 0. The van der Waals surface area contributed by atoms with Gasteiger partial charge in [0, 0.05) is 12.1 Å². The Bertz CT molecular complexity index is 992. The minimum Gasteiger partial charge on any atom is -0.507 e. The van der Waals surface area contributed by atoms with E-state index in [9.17, 15) is 5.11 Å². The molecule has 2 aromatic heterocycles. The Morgan fingerprint density at radius 1 is 0.952 bits per heavy atom. The van der Waals surface area contributed by atoms with E-state index in [1.54, 1.807) is 13.2 Å². The third-order valence-electron chi connectivity index (χ3n) is 3.91. The van der Waals surface area contributed by atoms with E-state index in [2.05, 4.69) is 18.2 Å². The van der Waals surface area contributed by atoms with Crippen molar-refractivity contribution in [3.8, 4) is 11.5 Å². The number of pyridine rings is 2. The molecule has 0 bridgehead atoms. The molecule has 0 amide bonds. The molecule has 0 aliphatic carbocycles. The summed E-state index contributed by atoms with van der Waals surface area (Å²) in [5.74, 6) is 1.14. The first-order valence-electron chi connectivity index (χ1n) is 6.80. The first-order valence-corrected chi connectivity index (χ1v) is 6.80. The second-order valence-electron chi connectivity index (χ2n) is 5.11. The van der Waals surface area contributed by atoms with Crippen LogP contribution in [0, 0.1) is 0 Å². The van der Waals surface area contributed by atoms with Gasteiger partial charge in [-0.25, -0.2) is 0 Å². The smallest absolute Gasteiger partial charge is 0.219 e. The summed E-state index contributed by atoms with van der Waals surface area (Å²) in [5, 5.41) is 14.1. The number of hydrogen-bond donors (Lipinski definition) is 1. The van der Waals surface area contributed by atoms with Gasteiger partial charge >= 0.3 is 0 Å². The monoisotopic (exact) mass is 276 g/mol. The molecular formula is C18H14NO2+. The zero-order valence-electron chi connectivity index (χ0n) is 11.6. The molecule has 1 N–H and O–H groups in total. The number of ether oxygens (including phenoxy) is 1. The summed E-state index contributed by atoms with van der Waals surface area (Å²) in [7, 11) is 1.67. The molecule has 0 radical (unpaired) electrons. The molecule has 0 saturated carbocycles. The molecule has 4 aromatic rings. The number of benzene rings is 2. The molecule has 2 heterocycles. The summed E-state index contributed by atoms with van der Waals surface area (Å²) < 4.78 is 7.36. The van der Waals surface area contributed by atoms with Crippen molar-refractivity contribution in [3.63, 3.8) is 0 Å². The molecule has 0 atom stereocenters. The van der Waals surface area contributed by atoms with Crippen LogP contribution in [0.15, 0.2) is 60.9 Å². The SMILES string of the molecule is COc1ccc2cc[n+]3cc4c(O)cccc4cc3c2c1. The number of phenols is 1. The van der Waals surface area contributed by atoms with Gasteiger partial charge in [-0.3, -0.25) is 0 Å². The average molecular weight is 276 g/mol. The van der Waals surface area contributed by atoms with E-state index in [4.69, 9.17) is 4.74 Å². The zero-order chi connectivity index (χ0) is 14.4. The normalized spacial score (nSPS) is 11.3. The Labute approximate surface area is 121 Å². The van der Waals surface area contributed by atoms with Crippen LogP contribution >= 0.6 is 0 Å². The molecule has 0 aliphatic rings. The average Bonchev–Trinajstić information content (AvgIpc) is 2.53. The molecule has 3 heteroatoms. The van der Waals surface area contributed by atoms with Gasteiger partial charge in [0.2, 0.25) is 5.52 Å². The zero-order valence-corrected chi connectivity index (χ0v) is 11.6. The van der Waals surface area contributed by atoms with Crippen molar-refractivity contribution in [2.24, 2.45) is 0 Å². The fourth-order valence-electron chi connectivity index (χ4n) is 2.80. The van der Waals surface area contributed by atoms with Crippen LogP contribution in [0.1, 0.15) is 0 Å². The quantitative estimate of drug-likeness (QED) is 0.328. The second kappa shape index (κ2) is 4.35. The first kappa shape index (κ1) is 12.0. The highest BCUT2D eigenvalue weighted by molar-refractivity contribution is 5.98. The molecule has 102 valence electrons. The highest BCUT2D eigenvalue weighted by Crippen LogP contribution is 2.27. The van der Waals surface area contributed by atoms with Crippen molar-refractivity contribution in [2.45, 2.75) is 0 Å². The van der Waals surface area contributed by atoms with Gasteiger partial charge in [0.25, 0.3) is 0 Å². The van der Waals surface area contributed by atoms with Crippen molar-refractivity contribution >= 4 is 27.1 Å². The number of aromatic hydroxyl groups is 1. The van der Waals surface area contributed by atoms with Crippen molar-refractivity contribution in [3.05, 3.63) is 60.9 Å². The van der Waals surface area contributed by atoms with Crippen molar-refractivity contribution in [1.29, 1.82) is 0 Å². The van der Waals surface area contributed by atoms with Crippen LogP contribution in [-0.4, -0.2) is 12.2 Å². The molecule has 0 unspecified atom stereocenters. The maximum Gasteiger partial charge on any atom is 0.219 e. The number of fused-ring (bicyclic) bond motifs is 4. The first-order chi connectivity index (χ1) is 10.3. The number of hydrogen-bond acceptors (Lipinski definition) is 2. The lowest BCUT2D eigenvalue weighted by Gasteiger charge is -2.04. The summed E-state index contributed by atoms with van der Waals surface area (Å²) in [6.45, 7) is 0. The molecule has 0 saturated heterocycles. The van der Waals surface area contributed by atoms with E-state index in [1.165, 1.54) is 0 Å². The lowest BCUT2D eigenvalue weighted by atomic mass is 10.1. The highest BCUT2D eigenvalue weighted by atomic mass is 16.5. The topological polar surface area (TPSA) is 33.6 Å². The largest absolute Gasteiger partial charge is 0.507 e. The number of nitrogens with zero attached hydrogens (tertiary/aromatic N) is 1. The van der Waals surface area contributed by atoms with Crippen molar-refractivity contribution in [2.75, 3.05) is 7.11 Å². The Kier molecular flexibility index (Phi) is 2.48. The lowest BCUT2D eigenvalue weighted by molar-refractivity contribution is -0.509. The number of aromatic nitrogens is 1. The van der Waals surface area contributed by atoms with Crippen LogP contribution in [0.2, 0.25) is 0 Å². The fraction of sp³-hybridized carbons (Fsp3) is 0.0556. The number of methoxy groups -OCH3 is 1. The molecule has 21 heavy (non-hydrogen) atoms. The van der Waals surface area contributed by atoms with E-state index in [0.717, 1.165) is 32.8 Å². The fourth-order valence-corrected chi connectivity index (χ4v) is 2.80. The van der Waals surface area contributed by atoms with E-state index in [-0.39, 0.29) is 0 Å². The molecule has 4 rings (SSSR count). The predicted octanol–water partition coefficient (Wildman–Crippen LogP) is 3.45. The molecule has 3 nitrogen and oxygen atoms in total. The van der Waals surface area contributed by atoms with Gasteiger partial charge in [0.1, 0.15) is 11.5 Å². The minimum atomic E-state index is 0.299. The lowest BCUT2D eigenvalue weighted by Crippen LogP contribution is -2.20. The maximum atomic E-state index is 9.99. The maximum absolute atomic E-state index is 9.99. The highest BCUT2D eigenvalue weighted by Gasteiger charge is 2.12. The van der Waals surface area contributed by atoms with Gasteiger partial charge in [0.05, 0.1) is 17.9 Å². The molecule has 0 fully saturated rings. The Morgan fingerprint density at radius 3 is 2.71 bits per heavy atom. The van der Waals surface area contributed by atoms with Crippen LogP contribution in [0.3, 0.4) is 0 Å². The predicted molar refractivity (Wildman–Crippen MR) is 82.8 cm³/mol. The molecule has 0 aliphatic heterocycles. The summed E-state index contributed by atoms with van der Waals surface area (Å²) in [4.78, 5) is 0. The molecule has 2 aromatic carbocycles. The molecular weight excluding hydrogens is 262 g/mol. The van der Waals surface area contributed by atoms with E-state index in [1.807, 2.05) is 41.1 Å². The standard InChI is InChI=1S/C18H13NO2/c1-21-14-6-5-12-7-8-19-11-16-13(3-2-4-18(16)20)9-17(19)15(12)10-14/h2-11H,1H3/p+1. The van der Waals surface area contributed by atoms with Crippen LogP contribution < -0.4 is 9.14 Å². The van der Waals surface area contributed by atoms with Gasteiger partial charge in [-0.1, -0.05) is 18.2 Å². The molecule has 0 spiro atoms. The van der Waals surface area contributed by atoms with Crippen LogP contribution in [0.5, 0.6) is 11.5 Å². The minimum absolute atomic E-state index is 0.299. The Morgan fingerprint density at radius 2 is 1.86 bits per heavy atom. The number of rotatable bonds is 1. The third-order valence-corrected chi connectivity index (χ3v) is 3.91. The van der Waals surface area contributed by atoms with Crippen molar-refractivity contribution in [1.82, 2.24) is 0 Å². The third kappa shape index (κ3) is 1.78. The summed E-state index contributed by atoms with van der Waals surface area (Å²) in [6.07, 6.45) is 3.97. The second-order valence-corrected chi connectivity index (χ2v) is 5.11. The van der Waals surface area contributed by atoms with Gasteiger partial charge in [-0.2, -0.15) is 4.40 Å². The van der Waals surface area contributed by atoms with Crippen molar-refractivity contribution < 1.29 is 14.2 Å². The Balaban J connectivity index is 2.18.